The van der Waals surface area contributed by atoms with Crippen LogP contribution in [0.2, 0.25) is 0 Å². The van der Waals surface area contributed by atoms with Crippen molar-refractivity contribution >= 4 is 17.4 Å². The first-order valence-electron chi connectivity index (χ1n) is 10.8. The SMILES string of the molecule is CCCOc1ccc(C2=C(N3CCCCC3)C(=O)N(CCCOCC)C2=O)cc1. The molecular weight excluding hydrogens is 368 g/mol. The zero-order chi connectivity index (χ0) is 20.6. The fraction of sp³-hybridized carbons (Fsp3) is 0.565. The molecule has 0 unspecified atom stereocenters. The third-order valence-electron chi connectivity index (χ3n) is 5.31. The van der Waals surface area contributed by atoms with E-state index in [4.69, 9.17) is 9.47 Å². The zero-order valence-electron chi connectivity index (χ0n) is 17.6. The number of piperidine rings is 1. The van der Waals surface area contributed by atoms with Crippen molar-refractivity contribution < 1.29 is 19.1 Å². The van der Waals surface area contributed by atoms with Crippen molar-refractivity contribution in [3.8, 4) is 5.75 Å². The second-order valence-corrected chi connectivity index (χ2v) is 7.46. The van der Waals surface area contributed by atoms with Crippen molar-refractivity contribution in [2.75, 3.05) is 39.5 Å². The quantitative estimate of drug-likeness (QED) is 0.445. The van der Waals surface area contributed by atoms with Crippen LogP contribution in [0, 0.1) is 0 Å². The van der Waals surface area contributed by atoms with Crippen molar-refractivity contribution in [1.82, 2.24) is 9.80 Å². The van der Waals surface area contributed by atoms with Gasteiger partial charge in [0.05, 0.1) is 12.2 Å². The first kappa shape index (κ1) is 21.4. The summed E-state index contributed by atoms with van der Waals surface area (Å²) < 4.78 is 11.0. The van der Waals surface area contributed by atoms with Crippen LogP contribution in [0.4, 0.5) is 0 Å². The van der Waals surface area contributed by atoms with Crippen LogP contribution in [-0.4, -0.2) is 61.1 Å². The molecule has 0 spiro atoms. The van der Waals surface area contributed by atoms with Crippen LogP contribution in [0.3, 0.4) is 0 Å². The fourth-order valence-electron chi connectivity index (χ4n) is 3.84. The van der Waals surface area contributed by atoms with Crippen molar-refractivity contribution in [3.05, 3.63) is 35.5 Å². The summed E-state index contributed by atoms with van der Waals surface area (Å²) in [6, 6.07) is 7.53. The summed E-state index contributed by atoms with van der Waals surface area (Å²) in [5.41, 5.74) is 1.86. The van der Waals surface area contributed by atoms with Gasteiger partial charge in [-0.05, 0) is 56.7 Å². The molecule has 29 heavy (non-hydrogen) atoms. The van der Waals surface area contributed by atoms with Gasteiger partial charge in [0, 0.05) is 32.8 Å². The summed E-state index contributed by atoms with van der Waals surface area (Å²) in [7, 11) is 0. The minimum Gasteiger partial charge on any atom is -0.494 e. The van der Waals surface area contributed by atoms with Crippen molar-refractivity contribution in [3.63, 3.8) is 0 Å². The summed E-state index contributed by atoms with van der Waals surface area (Å²) in [6.45, 7) is 7.87. The third kappa shape index (κ3) is 4.99. The number of ether oxygens (including phenoxy) is 2. The molecule has 1 aromatic carbocycles. The molecule has 0 saturated carbocycles. The molecule has 0 bridgehead atoms. The standard InChI is InChI=1S/C23H32N2O4/c1-3-16-29-19-11-9-18(10-12-19)20-21(24-13-6-5-7-14-24)23(27)25(22(20)26)15-8-17-28-4-2/h9-12H,3-8,13-17H2,1-2H3. The highest BCUT2D eigenvalue weighted by Crippen LogP contribution is 2.33. The maximum absolute atomic E-state index is 13.2. The maximum atomic E-state index is 13.2. The Kier molecular flexibility index (Phi) is 7.69. The number of carbonyl (C=O) groups excluding carboxylic acids is 2. The first-order chi connectivity index (χ1) is 14.2. The van der Waals surface area contributed by atoms with Gasteiger partial charge in [-0.25, -0.2) is 0 Å². The van der Waals surface area contributed by atoms with E-state index in [1.807, 2.05) is 31.2 Å². The molecule has 1 fully saturated rings. The average molecular weight is 401 g/mol. The second kappa shape index (κ2) is 10.4. The van der Waals surface area contributed by atoms with Crippen LogP contribution < -0.4 is 4.74 Å². The van der Waals surface area contributed by atoms with Gasteiger partial charge in [-0.1, -0.05) is 19.1 Å². The first-order valence-corrected chi connectivity index (χ1v) is 10.8. The topological polar surface area (TPSA) is 59.1 Å². The molecule has 3 rings (SSSR count). The minimum atomic E-state index is -0.200. The number of likely N-dealkylation sites (tertiary alicyclic amines) is 1. The lowest BCUT2D eigenvalue weighted by molar-refractivity contribution is -0.137. The van der Waals surface area contributed by atoms with Crippen LogP contribution in [0.1, 0.15) is 51.5 Å². The summed E-state index contributed by atoms with van der Waals surface area (Å²) in [5, 5.41) is 0. The van der Waals surface area contributed by atoms with Gasteiger partial charge in [0.15, 0.2) is 0 Å². The highest BCUT2D eigenvalue weighted by Gasteiger charge is 2.41. The molecule has 0 aliphatic carbocycles. The van der Waals surface area contributed by atoms with Gasteiger partial charge in [-0.3, -0.25) is 14.5 Å². The third-order valence-corrected chi connectivity index (χ3v) is 5.31. The van der Waals surface area contributed by atoms with Crippen LogP contribution >= 0.6 is 0 Å². The fourth-order valence-corrected chi connectivity index (χ4v) is 3.84. The molecule has 0 atom stereocenters. The molecule has 2 amide bonds. The van der Waals surface area contributed by atoms with Crippen LogP contribution in [0.15, 0.2) is 30.0 Å². The normalized spacial score (nSPS) is 17.4. The summed E-state index contributed by atoms with van der Waals surface area (Å²) in [5.74, 6) is 0.407. The molecule has 2 aliphatic rings. The van der Waals surface area contributed by atoms with Gasteiger partial charge in [-0.2, -0.15) is 0 Å². The number of carbonyl (C=O) groups is 2. The number of benzene rings is 1. The van der Waals surface area contributed by atoms with E-state index >= 15 is 0 Å². The monoisotopic (exact) mass is 400 g/mol. The van der Waals surface area contributed by atoms with Crippen LogP contribution in [-0.2, 0) is 14.3 Å². The van der Waals surface area contributed by atoms with E-state index in [2.05, 4.69) is 11.8 Å². The average Bonchev–Trinajstić information content (AvgIpc) is 3.00. The molecule has 6 nitrogen and oxygen atoms in total. The number of hydrogen-bond donors (Lipinski definition) is 0. The Bertz CT molecular complexity index is 736. The highest BCUT2D eigenvalue weighted by molar-refractivity contribution is 6.35. The summed E-state index contributed by atoms with van der Waals surface area (Å²) in [6.07, 6.45) is 4.85. The predicted molar refractivity (Wildman–Crippen MR) is 112 cm³/mol. The van der Waals surface area contributed by atoms with Gasteiger partial charge in [-0.15, -0.1) is 0 Å². The van der Waals surface area contributed by atoms with E-state index in [1.165, 1.54) is 11.3 Å². The predicted octanol–water partition coefficient (Wildman–Crippen LogP) is 3.47. The number of nitrogens with zero attached hydrogens (tertiary/aromatic N) is 2. The molecule has 0 radical (unpaired) electrons. The molecule has 2 aliphatic heterocycles. The van der Waals surface area contributed by atoms with E-state index in [0.29, 0.717) is 44.1 Å². The van der Waals surface area contributed by atoms with E-state index in [-0.39, 0.29) is 11.8 Å². The van der Waals surface area contributed by atoms with Gasteiger partial charge in [0.25, 0.3) is 11.8 Å². The number of hydrogen-bond acceptors (Lipinski definition) is 5. The van der Waals surface area contributed by atoms with Crippen LogP contribution in [0.25, 0.3) is 5.57 Å². The number of imide groups is 1. The molecule has 0 N–H and O–H groups in total. The number of rotatable bonds is 10. The molecule has 0 aromatic heterocycles. The highest BCUT2D eigenvalue weighted by atomic mass is 16.5. The van der Waals surface area contributed by atoms with E-state index < -0.39 is 0 Å². The van der Waals surface area contributed by atoms with Crippen LogP contribution in [0.5, 0.6) is 5.75 Å². The Morgan fingerprint density at radius 2 is 1.66 bits per heavy atom. The Balaban J connectivity index is 1.86. The molecule has 6 heteroatoms. The second-order valence-electron chi connectivity index (χ2n) is 7.46. The Labute approximate surface area is 173 Å². The Morgan fingerprint density at radius 3 is 2.31 bits per heavy atom. The molecule has 1 saturated heterocycles. The number of amides is 2. The van der Waals surface area contributed by atoms with Crippen molar-refractivity contribution in [1.29, 1.82) is 0 Å². The largest absolute Gasteiger partial charge is 0.494 e. The van der Waals surface area contributed by atoms with Crippen molar-refractivity contribution in [2.24, 2.45) is 0 Å². The van der Waals surface area contributed by atoms with E-state index in [0.717, 1.165) is 43.7 Å². The maximum Gasteiger partial charge on any atom is 0.277 e. The molecule has 158 valence electrons. The lowest BCUT2D eigenvalue weighted by Gasteiger charge is -2.29. The summed E-state index contributed by atoms with van der Waals surface area (Å²) >= 11 is 0. The molecule has 2 heterocycles. The summed E-state index contributed by atoms with van der Waals surface area (Å²) in [4.78, 5) is 29.9. The zero-order valence-corrected chi connectivity index (χ0v) is 17.6. The minimum absolute atomic E-state index is 0.172. The van der Waals surface area contributed by atoms with Gasteiger partial charge >= 0.3 is 0 Å². The van der Waals surface area contributed by atoms with Gasteiger partial charge < -0.3 is 14.4 Å². The van der Waals surface area contributed by atoms with E-state index in [9.17, 15) is 9.59 Å². The lowest BCUT2D eigenvalue weighted by Crippen LogP contribution is -2.37. The lowest BCUT2D eigenvalue weighted by atomic mass is 10.0. The molecular formula is C23H32N2O4. The Hall–Kier alpha value is -2.34. The van der Waals surface area contributed by atoms with Crippen molar-refractivity contribution in [2.45, 2.75) is 46.0 Å². The Morgan fingerprint density at radius 1 is 0.931 bits per heavy atom. The molecule has 1 aromatic rings. The smallest absolute Gasteiger partial charge is 0.277 e. The van der Waals surface area contributed by atoms with Gasteiger partial charge in [0.1, 0.15) is 11.4 Å². The van der Waals surface area contributed by atoms with Gasteiger partial charge in [0.2, 0.25) is 0 Å². The van der Waals surface area contributed by atoms with E-state index in [1.54, 1.807) is 0 Å².